The molecule has 0 spiro atoms. The number of fused-ring (bicyclic) bond motifs is 2. The molecule has 4 aromatic rings. The first-order valence-corrected chi connectivity index (χ1v) is 14.4. The summed E-state index contributed by atoms with van der Waals surface area (Å²) >= 11 is 6.87. The van der Waals surface area contributed by atoms with Gasteiger partial charge in [0, 0.05) is 16.5 Å². The fourth-order valence-electron chi connectivity index (χ4n) is 4.98. The normalized spacial score (nSPS) is 14.5. The zero-order chi connectivity index (χ0) is 27.6. The van der Waals surface area contributed by atoms with Crippen LogP contribution in [0.15, 0.2) is 58.3 Å². The molecule has 0 amide bonds. The zero-order valence-corrected chi connectivity index (χ0v) is 26.3. The van der Waals surface area contributed by atoms with Gasteiger partial charge < -0.3 is 5.32 Å². The summed E-state index contributed by atoms with van der Waals surface area (Å²) in [7, 11) is 0. The molecular formula is C31H33Br2N5. The quantitative estimate of drug-likeness (QED) is 0.238. The van der Waals surface area contributed by atoms with E-state index in [0.29, 0.717) is 9.21 Å². The van der Waals surface area contributed by atoms with Crippen LogP contribution in [0, 0.1) is 0 Å². The summed E-state index contributed by atoms with van der Waals surface area (Å²) in [6.45, 7) is 18.2. The first-order chi connectivity index (χ1) is 17.7. The average Bonchev–Trinajstić information content (AvgIpc) is 2.83. The maximum Gasteiger partial charge on any atom is 0.124 e. The van der Waals surface area contributed by atoms with Gasteiger partial charge in [-0.1, -0.05) is 67.5 Å². The number of nitrogens with zero attached hydrogens (tertiary/aromatic N) is 4. The van der Waals surface area contributed by atoms with Crippen LogP contribution < -0.4 is 5.32 Å². The van der Waals surface area contributed by atoms with E-state index in [1.54, 1.807) is 12.4 Å². The maximum atomic E-state index is 4.74. The fourth-order valence-corrected chi connectivity index (χ4v) is 5.39. The van der Waals surface area contributed by atoms with Crippen molar-refractivity contribution in [2.45, 2.75) is 71.6 Å². The molecule has 0 radical (unpaired) electrons. The molecule has 196 valence electrons. The largest absolute Gasteiger partial charge is 0.354 e. The van der Waals surface area contributed by atoms with Gasteiger partial charge in [0.15, 0.2) is 0 Å². The molecule has 5 rings (SSSR count). The molecule has 0 bridgehead atoms. The van der Waals surface area contributed by atoms with Crippen LogP contribution in [0.25, 0.3) is 22.5 Å². The SMILES string of the molecule is CC(C)(C)c1cc(-c2cnc(Br)cn2)c2c(c1)C(C)(C)c1cc(C(C)(C)C)cc(-c3cnc(Br)cn3)c1N2. The van der Waals surface area contributed by atoms with Gasteiger partial charge in [0.25, 0.3) is 0 Å². The highest BCUT2D eigenvalue weighted by atomic mass is 79.9. The van der Waals surface area contributed by atoms with E-state index in [4.69, 9.17) is 9.97 Å². The van der Waals surface area contributed by atoms with Crippen molar-refractivity contribution in [2.24, 2.45) is 0 Å². The van der Waals surface area contributed by atoms with E-state index in [1.165, 1.54) is 22.3 Å². The number of nitrogens with one attached hydrogen (secondary N) is 1. The second kappa shape index (κ2) is 9.23. The summed E-state index contributed by atoms with van der Waals surface area (Å²) in [6.07, 6.45) is 7.18. The Morgan fingerprint density at radius 3 is 1.32 bits per heavy atom. The Morgan fingerprint density at radius 1 is 0.605 bits per heavy atom. The lowest BCUT2D eigenvalue weighted by molar-refractivity contribution is 0.575. The van der Waals surface area contributed by atoms with Crippen molar-refractivity contribution < 1.29 is 0 Å². The molecule has 2 aromatic heterocycles. The second-order valence-corrected chi connectivity index (χ2v) is 14.2. The van der Waals surface area contributed by atoms with E-state index in [0.717, 1.165) is 33.9 Å². The van der Waals surface area contributed by atoms with Gasteiger partial charge in [-0.2, -0.15) is 0 Å². The Morgan fingerprint density at radius 2 is 1.00 bits per heavy atom. The minimum atomic E-state index is -0.284. The molecule has 0 aliphatic carbocycles. The van der Waals surface area contributed by atoms with Crippen LogP contribution in [0.4, 0.5) is 11.4 Å². The van der Waals surface area contributed by atoms with Gasteiger partial charge in [0.05, 0.1) is 47.6 Å². The first kappa shape index (κ1) is 26.9. The number of benzene rings is 2. The number of halogens is 2. The van der Waals surface area contributed by atoms with Crippen LogP contribution in [0.2, 0.25) is 0 Å². The van der Waals surface area contributed by atoms with Crippen molar-refractivity contribution >= 4 is 43.2 Å². The Labute approximate surface area is 242 Å². The fraction of sp³-hybridized carbons (Fsp3) is 0.355. The van der Waals surface area contributed by atoms with Crippen LogP contribution in [0.3, 0.4) is 0 Å². The Kier molecular flexibility index (Phi) is 6.55. The van der Waals surface area contributed by atoms with Crippen molar-refractivity contribution in [2.75, 3.05) is 5.32 Å². The number of anilines is 2. The molecule has 0 saturated carbocycles. The van der Waals surface area contributed by atoms with Crippen LogP contribution in [0.1, 0.15) is 77.6 Å². The molecule has 2 aromatic carbocycles. The van der Waals surface area contributed by atoms with E-state index in [9.17, 15) is 0 Å². The second-order valence-electron chi connectivity index (χ2n) is 12.6. The zero-order valence-electron chi connectivity index (χ0n) is 23.2. The molecular weight excluding hydrogens is 602 g/mol. The predicted octanol–water partition coefficient (Wildman–Crippen LogP) is 9.10. The molecule has 1 N–H and O–H groups in total. The summed E-state index contributed by atoms with van der Waals surface area (Å²) in [5, 5.41) is 3.86. The first-order valence-electron chi connectivity index (χ1n) is 12.8. The summed E-state index contributed by atoms with van der Waals surface area (Å²) < 4.78 is 1.43. The van der Waals surface area contributed by atoms with Crippen molar-refractivity contribution in [1.82, 2.24) is 19.9 Å². The molecule has 7 heteroatoms. The third-order valence-corrected chi connectivity index (χ3v) is 8.22. The van der Waals surface area contributed by atoms with Crippen LogP contribution in [0.5, 0.6) is 0 Å². The van der Waals surface area contributed by atoms with E-state index in [2.05, 4.69) is 127 Å². The van der Waals surface area contributed by atoms with Crippen LogP contribution >= 0.6 is 31.9 Å². The molecule has 3 heterocycles. The molecule has 0 fully saturated rings. The van der Waals surface area contributed by atoms with Gasteiger partial charge in [-0.05, 0) is 77.1 Å². The minimum absolute atomic E-state index is 0.0334. The minimum Gasteiger partial charge on any atom is -0.354 e. The van der Waals surface area contributed by atoms with Gasteiger partial charge in [0.2, 0.25) is 0 Å². The number of aromatic nitrogens is 4. The van der Waals surface area contributed by atoms with Crippen molar-refractivity contribution in [1.29, 1.82) is 0 Å². The van der Waals surface area contributed by atoms with E-state index in [-0.39, 0.29) is 16.2 Å². The van der Waals surface area contributed by atoms with Crippen LogP contribution in [-0.2, 0) is 16.2 Å². The number of hydrogen-bond donors (Lipinski definition) is 1. The molecule has 5 nitrogen and oxygen atoms in total. The molecule has 0 atom stereocenters. The third-order valence-electron chi connectivity index (χ3n) is 7.40. The number of rotatable bonds is 2. The lowest BCUT2D eigenvalue weighted by atomic mass is 9.69. The summed E-state index contributed by atoms with van der Waals surface area (Å²) in [5.41, 5.74) is 10.5. The lowest BCUT2D eigenvalue weighted by Gasteiger charge is -2.40. The molecule has 1 aliphatic rings. The van der Waals surface area contributed by atoms with Gasteiger partial charge in [-0.3, -0.25) is 9.97 Å². The van der Waals surface area contributed by atoms with Crippen molar-refractivity contribution in [3.8, 4) is 22.5 Å². The topological polar surface area (TPSA) is 63.6 Å². The Hall–Kier alpha value is -2.64. The van der Waals surface area contributed by atoms with Crippen molar-refractivity contribution in [3.63, 3.8) is 0 Å². The lowest BCUT2D eigenvalue weighted by Crippen LogP contribution is -2.29. The molecule has 0 unspecified atom stereocenters. The highest BCUT2D eigenvalue weighted by molar-refractivity contribution is 9.10. The molecule has 0 saturated heterocycles. The Bertz CT molecular complexity index is 1410. The number of hydrogen-bond acceptors (Lipinski definition) is 5. The average molecular weight is 635 g/mol. The van der Waals surface area contributed by atoms with E-state index < -0.39 is 0 Å². The highest BCUT2D eigenvalue weighted by Crippen LogP contribution is 2.53. The molecule has 38 heavy (non-hydrogen) atoms. The Balaban J connectivity index is 1.84. The third kappa shape index (κ3) is 4.79. The van der Waals surface area contributed by atoms with Crippen molar-refractivity contribution in [3.05, 3.63) is 80.5 Å². The maximum absolute atomic E-state index is 4.74. The van der Waals surface area contributed by atoms with Crippen LogP contribution in [-0.4, -0.2) is 19.9 Å². The summed E-state index contributed by atoms with van der Waals surface area (Å²) in [6, 6.07) is 9.24. The van der Waals surface area contributed by atoms with Gasteiger partial charge in [-0.25, -0.2) is 9.97 Å². The standard InChI is InChI=1S/C31H33Br2N5/c1-29(2,3)17-9-19(23-13-36-25(32)15-34-23)27-21(11-17)31(7,8)22-12-18(30(4,5)6)10-20(28(22)38-27)24-14-37-26(33)16-35-24/h9-16,38H,1-8H3. The predicted molar refractivity (Wildman–Crippen MR) is 163 cm³/mol. The van der Waals surface area contributed by atoms with E-state index in [1.807, 2.05) is 12.4 Å². The smallest absolute Gasteiger partial charge is 0.124 e. The van der Waals surface area contributed by atoms with E-state index >= 15 is 0 Å². The molecule has 1 aliphatic heterocycles. The van der Waals surface area contributed by atoms with Gasteiger partial charge >= 0.3 is 0 Å². The highest BCUT2D eigenvalue weighted by Gasteiger charge is 2.38. The monoisotopic (exact) mass is 633 g/mol. The van der Waals surface area contributed by atoms with Gasteiger partial charge in [0.1, 0.15) is 9.21 Å². The summed E-state index contributed by atoms with van der Waals surface area (Å²) in [4.78, 5) is 18.5. The summed E-state index contributed by atoms with van der Waals surface area (Å²) in [5.74, 6) is 0. The van der Waals surface area contributed by atoms with Gasteiger partial charge in [-0.15, -0.1) is 0 Å².